The average Bonchev–Trinajstić information content (AvgIpc) is 2.79. The third kappa shape index (κ3) is 3.46. The fourth-order valence-corrected chi connectivity index (χ4v) is 1.71. The van der Waals surface area contributed by atoms with Gasteiger partial charge in [0.15, 0.2) is 0 Å². The largest absolute Gasteiger partial charge is 0.467 e. The summed E-state index contributed by atoms with van der Waals surface area (Å²) < 4.78 is 5.21. The lowest BCUT2D eigenvalue weighted by molar-refractivity contribution is 0.517. The number of furan rings is 1. The summed E-state index contributed by atoms with van der Waals surface area (Å²) in [5.74, 6) is 1.38. The Morgan fingerprint density at radius 3 is 3.00 bits per heavy atom. The molecule has 0 aliphatic rings. The fourth-order valence-electron chi connectivity index (χ4n) is 1.51. The van der Waals surface area contributed by atoms with Crippen molar-refractivity contribution in [1.29, 1.82) is 0 Å². The highest BCUT2D eigenvalue weighted by atomic mass is 35.5. The van der Waals surface area contributed by atoms with E-state index in [1.165, 1.54) is 0 Å². The molecule has 2 heterocycles. The second-order valence-electron chi connectivity index (χ2n) is 3.69. The Morgan fingerprint density at radius 2 is 2.29 bits per heavy atom. The van der Waals surface area contributed by atoms with Gasteiger partial charge in [-0.3, -0.25) is 0 Å². The van der Waals surface area contributed by atoms with Crippen LogP contribution in [0.25, 0.3) is 0 Å². The normalized spacial score (nSPS) is 10.5. The molecule has 1 N–H and O–H groups in total. The topological polar surface area (TPSA) is 51.0 Å². The summed E-state index contributed by atoms with van der Waals surface area (Å²) >= 11 is 5.93. The molecule has 0 radical (unpaired) electrons. The van der Waals surface area contributed by atoms with E-state index in [2.05, 4.69) is 22.2 Å². The van der Waals surface area contributed by atoms with Crippen molar-refractivity contribution in [3.8, 4) is 0 Å². The molecule has 0 aromatic carbocycles. The second kappa shape index (κ2) is 5.68. The molecule has 0 saturated heterocycles. The second-order valence-corrected chi connectivity index (χ2v) is 4.08. The van der Waals surface area contributed by atoms with Gasteiger partial charge in [0.1, 0.15) is 10.9 Å². The van der Waals surface area contributed by atoms with Crippen LogP contribution >= 0.6 is 11.6 Å². The first-order chi connectivity index (χ1) is 8.28. The lowest BCUT2D eigenvalue weighted by Crippen LogP contribution is -2.04. The van der Waals surface area contributed by atoms with Crippen LogP contribution in [-0.2, 0) is 13.0 Å². The van der Waals surface area contributed by atoms with Crippen LogP contribution in [0.4, 0.5) is 5.95 Å². The van der Waals surface area contributed by atoms with E-state index in [4.69, 9.17) is 16.0 Å². The molecule has 0 saturated carbocycles. The highest BCUT2D eigenvalue weighted by Gasteiger charge is 2.03. The van der Waals surface area contributed by atoms with E-state index < -0.39 is 0 Å². The summed E-state index contributed by atoms with van der Waals surface area (Å²) in [6.45, 7) is 2.66. The van der Waals surface area contributed by atoms with E-state index in [-0.39, 0.29) is 0 Å². The van der Waals surface area contributed by atoms with Gasteiger partial charge in [-0.15, -0.1) is 0 Å². The smallest absolute Gasteiger partial charge is 0.224 e. The van der Waals surface area contributed by atoms with Crippen LogP contribution in [-0.4, -0.2) is 9.97 Å². The van der Waals surface area contributed by atoms with Crippen LogP contribution < -0.4 is 5.32 Å². The van der Waals surface area contributed by atoms with Crippen molar-refractivity contribution in [2.24, 2.45) is 0 Å². The van der Waals surface area contributed by atoms with Gasteiger partial charge in [0.05, 0.1) is 12.8 Å². The van der Waals surface area contributed by atoms with Crippen LogP contribution in [0.1, 0.15) is 24.8 Å². The molecular formula is C12H14ClN3O. The van der Waals surface area contributed by atoms with Gasteiger partial charge in [0, 0.05) is 5.69 Å². The van der Waals surface area contributed by atoms with E-state index in [0.29, 0.717) is 17.6 Å². The predicted molar refractivity (Wildman–Crippen MR) is 67.1 cm³/mol. The van der Waals surface area contributed by atoms with Crippen LogP contribution in [0.3, 0.4) is 0 Å². The number of nitrogens with zero attached hydrogens (tertiary/aromatic N) is 2. The summed E-state index contributed by atoms with van der Waals surface area (Å²) in [5.41, 5.74) is 0.953. The molecule has 4 nitrogen and oxygen atoms in total. The highest BCUT2D eigenvalue weighted by molar-refractivity contribution is 6.29. The van der Waals surface area contributed by atoms with Gasteiger partial charge < -0.3 is 9.73 Å². The molecule has 2 aromatic rings. The third-order valence-electron chi connectivity index (χ3n) is 2.25. The Bertz CT molecular complexity index is 471. The predicted octanol–water partition coefficient (Wildman–Crippen LogP) is 3.29. The van der Waals surface area contributed by atoms with Crippen LogP contribution in [0.2, 0.25) is 5.15 Å². The number of anilines is 1. The number of aromatic nitrogens is 2. The van der Waals surface area contributed by atoms with Crippen LogP contribution in [0.5, 0.6) is 0 Å². The summed E-state index contributed by atoms with van der Waals surface area (Å²) in [7, 11) is 0. The van der Waals surface area contributed by atoms with E-state index in [0.717, 1.165) is 24.3 Å². The maximum atomic E-state index is 5.93. The van der Waals surface area contributed by atoms with Crippen molar-refractivity contribution in [2.45, 2.75) is 26.3 Å². The first-order valence-electron chi connectivity index (χ1n) is 5.57. The van der Waals surface area contributed by atoms with Crippen molar-refractivity contribution in [2.75, 3.05) is 5.32 Å². The molecule has 0 bridgehead atoms. The van der Waals surface area contributed by atoms with Crippen molar-refractivity contribution in [3.05, 3.63) is 41.1 Å². The SMILES string of the molecule is CCCc1cc(Cl)nc(NCc2ccco2)n1. The molecule has 0 amide bonds. The van der Waals surface area contributed by atoms with Gasteiger partial charge in [-0.2, -0.15) is 0 Å². The lowest BCUT2D eigenvalue weighted by atomic mass is 10.2. The molecule has 5 heteroatoms. The molecule has 2 aromatic heterocycles. The van der Waals surface area contributed by atoms with Crippen molar-refractivity contribution in [3.63, 3.8) is 0 Å². The monoisotopic (exact) mass is 251 g/mol. The summed E-state index contributed by atoms with van der Waals surface area (Å²) in [5, 5.41) is 3.55. The van der Waals surface area contributed by atoms with E-state index in [1.54, 1.807) is 12.3 Å². The maximum absolute atomic E-state index is 5.93. The van der Waals surface area contributed by atoms with E-state index in [1.807, 2.05) is 12.1 Å². The molecule has 0 aliphatic carbocycles. The zero-order valence-electron chi connectivity index (χ0n) is 9.61. The first-order valence-corrected chi connectivity index (χ1v) is 5.95. The number of aryl methyl sites for hydroxylation is 1. The minimum absolute atomic E-state index is 0.463. The molecule has 0 atom stereocenters. The highest BCUT2D eigenvalue weighted by Crippen LogP contribution is 2.12. The Morgan fingerprint density at radius 1 is 1.41 bits per heavy atom. The molecule has 0 spiro atoms. The number of nitrogens with one attached hydrogen (secondary N) is 1. The van der Waals surface area contributed by atoms with Gasteiger partial charge in [0.2, 0.25) is 5.95 Å². The Labute approximate surface area is 105 Å². The van der Waals surface area contributed by atoms with Crippen molar-refractivity contribution >= 4 is 17.5 Å². The molecule has 17 heavy (non-hydrogen) atoms. The van der Waals surface area contributed by atoms with Gasteiger partial charge in [-0.1, -0.05) is 24.9 Å². The molecule has 0 aliphatic heterocycles. The van der Waals surface area contributed by atoms with Gasteiger partial charge in [-0.05, 0) is 24.6 Å². The van der Waals surface area contributed by atoms with Crippen LogP contribution in [0, 0.1) is 0 Å². The number of hydrogen-bond acceptors (Lipinski definition) is 4. The minimum atomic E-state index is 0.463. The summed E-state index contributed by atoms with van der Waals surface area (Å²) in [4.78, 5) is 8.49. The lowest BCUT2D eigenvalue weighted by Gasteiger charge is -2.05. The van der Waals surface area contributed by atoms with Gasteiger partial charge in [-0.25, -0.2) is 9.97 Å². The fraction of sp³-hybridized carbons (Fsp3) is 0.333. The Kier molecular flexibility index (Phi) is 3.98. The van der Waals surface area contributed by atoms with Crippen molar-refractivity contribution in [1.82, 2.24) is 9.97 Å². The standard InChI is InChI=1S/C12H14ClN3O/c1-2-4-9-7-11(13)16-12(15-9)14-8-10-5-3-6-17-10/h3,5-7H,2,4,8H2,1H3,(H,14,15,16). The van der Waals surface area contributed by atoms with E-state index in [9.17, 15) is 0 Å². The minimum Gasteiger partial charge on any atom is -0.467 e. The molecule has 2 rings (SSSR count). The molecule has 90 valence electrons. The molecule has 0 unspecified atom stereocenters. The summed E-state index contributed by atoms with van der Waals surface area (Å²) in [6.07, 6.45) is 3.57. The first kappa shape index (κ1) is 11.9. The average molecular weight is 252 g/mol. The molecular weight excluding hydrogens is 238 g/mol. The molecule has 0 fully saturated rings. The van der Waals surface area contributed by atoms with Crippen molar-refractivity contribution < 1.29 is 4.42 Å². The number of rotatable bonds is 5. The number of halogens is 1. The zero-order chi connectivity index (χ0) is 12.1. The zero-order valence-corrected chi connectivity index (χ0v) is 10.4. The summed E-state index contributed by atoms with van der Waals surface area (Å²) in [6, 6.07) is 5.53. The van der Waals surface area contributed by atoms with E-state index >= 15 is 0 Å². The third-order valence-corrected chi connectivity index (χ3v) is 2.45. The maximum Gasteiger partial charge on any atom is 0.224 e. The quantitative estimate of drug-likeness (QED) is 0.829. The Balaban J connectivity index is 2.04. The number of hydrogen-bond donors (Lipinski definition) is 1. The van der Waals surface area contributed by atoms with Gasteiger partial charge >= 0.3 is 0 Å². The Hall–Kier alpha value is -1.55. The van der Waals surface area contributed by atoms with Gasteiger partial charge in [0.25, 0.3) is 0 Å². The van der Waals surface area contributed by atoms with Crippen LogP contribution in [0.15, 0.2) is 28.9 Å².